The molecule has 0 spiro atoms. The molecule has 1 aromatic carbocycles. The highest BCUT2D eigenvalue weighted by molar-refractivity contribution is 6.16. The second-order valence-corrected chi connectivity index (χ2v) is 4.75. The van der Waals surface area contributed by atoms with Gasteiger partial charge in [0.15, 0.2) is 5.65 Å². The van der Waals surface area contributed by atoms with Gasteiger partial charge < -0.3 is 0 Å². The number of hydrogen-bond acceptors (Lipinski definition) is 2. The zero-order chi connectivity index (χ0) is 14.3. The number of rotatable bonds is 2. The molecule has 0 amide bonds. The minimum Gasteiger partial charge on any atom is -0.279 e. The van der Waals surface area contributed by atoms with Gasteiger partial charge in [-0.05, 0) is 30.7 Å². The molecule has 0 saturated carbocycles. The first-order valence-corrected chi connectivity index (χ1v) is 6.48. The first kappa shape index (κ1) is 13.0. The number of aromatic nitrogens is 3. The summed E-state index contributed by atoms with van der Waals surface area (Å²) < 4.78 is 28.3. The Labute approximate surface area is 118 Å². The number of benzene rings is 1. The SMILES string of the molecule is Cc1cnc2c(c1)nc(CCl)n2-c1cc(F)cc(F)c1. The number of hydrogen-bond donors (Lipinski definition) is 0. The molecule has 2 aromatic heterocycles. The van der Waals surface area contributed by atoms with Gasteiger partial charge in [0.25, 0.3) is 0 Å². The quantitative estimate of drug-likeness (QED) is 0.674. The number of halogens is 3. The predicted molar refractivity (Wildman–Crippen MR) is 73.1 cm³/mol. The summed E-state index contributed by atoms with van der Waals surface area (Å²) in [5, 5.41) is 0. The van der Waals surface area contributed by atoms with Crippen LogP contribution in [0.4, 0.5) is 8.78 Å². The predicted octanol–water partition coefficient (Wildman–Crippen LogP) is 3.75. The maximum atomic E-state index is 13.4. The van der Waals surface area contributed by atoms with Crippen LogP contribution in [0.2, 0.25) is 0 Å². The van der Waals surface area contributed by atoms with Crippen LogP contribution in [0.5, 0.6) is 0 Å². The Morgan fingerprint density at radius 3 is 2.50 bits per heavy atom. The fraction of sp³-hybridized carbons (Fsp3) is 0.143. The molecule has 0 fully saturated rings. The molecule has 3 rings (SSSR count). The van der Waals surface area contributed by atoms with E-state index in [1.807, 2.05) is 13.0 Å². The van der Waals surface area contributed by atoms with Gasteiger partial charge in [-0.25, -0.2) is 18.7 Å². The smallest absolute Gasteiger partial charge is 0.164 e. The first-order valence-electron chi connectivity index (χ1n) is 5.95. The molecule has 3 nitrogen and oxygen atoms in total. The van der Waals surface area contributed by atoms with E-state index in [2.05, 4.69) is 9.97 Å². The van der Waals surface area contributed by atoms with E-state index in [0.29, 0.717) is 22.7 Å². The van der Waals surface area contributed by atoms with Gasteiger partial charge >= 0.3 is 0 Å². The molecule has 0 aliphatic rings. The maximum Gasteiger partial charge on any atom is 0.164 e. The summed E-state index contributed by atoms with van der Waals surface area (Å²) >= 11 is 5.87. The number of aryl methyl sites for hydroxylation is 1. The van der Waals surface area contributed by atoms with Gasteiger partial charge in [0.05, 0.1) is 11.6 Å². The number of pyridine rings is 1. The Kier molecular flexibility index (Phi) is 3.14. The molecule has 0 unspecified atom stereocenters. The van der Waals surface area contributed by atoms with E-state index in [-0.39, 0.29) is 5.88 Å². The fourth-order valence-corrected chi connectivity index (χ4v) is 2.32. The van der Waals surface area contributed by atoms with Gasteiger partial charge in [0.2, 0.25) is 0 Å². The molecular formula is C14H10ClF2N3. The van der Waals surface area contributed by atoms with Crippen LogP contribution in [0.1, 0.15) is 11.4 Å². The van der Waals surface area contributed by atoms with Crippen molar-refractivity contribution in [3.05, 3.63) is 53.5 Å². The van der Waals surface area contributed by atoms with Crippen molar-refractivity contribution in [2.24, 2.45) is 0 Å². The maximum absolute atomic E-state index is 13.4. The third-order valence-corrected chi connectivity index (χ3v) is 3.17. The van der Waals surface area contributed by atoms with E-state index in [1.165, 1.54) is 12.1 Å². The van der Waals surface area contributed by atoms with E-state index in [9.17, 15) is 8.78 Å². The summed E-state index contributed by atoms with van der Waals surface area (Å²) in [5.41, 5.74) is 2.44. The monoisotopic (exact) mass is 293 g/mol. The summed E-state index contributed by atoms with van der Waals surface area (Å²) in [6.07, 6.45) is 1.67. The first-order chi connectivity index (χ1) is 9.58. The van der Waals surface area contributed by atoms with Crippen molar-refractivity contribution in [3.63, 3.8) is 0 Å². The highest BCUT2D eigenvalue weighted by atomic mass is 35.5. The number of nitrogens with zero attached hydrogens (tertiary/aromatic N) is 3. The van der Waals surface area contributed by atoms with E-state index in [4.69, 9.17) is 11.6 Å². The van der Waals surface area contributed by atoms with E-state index in [0.717, 1.165) is 11.6 Å². The van der Waals surface area contributed by atoms with Gasteiger partial charge in [-0.3, -0.25) is 4.57 Å². The molecule has 2 heterocycles. The lowest BCUT2D eigenvalue weighted by atomic mass is 10.3. The van der Waals surface area contributed by atoms with E-state index < -0.39 is 11.6 Å². The molecule has 102 valence electrons. The van der Waals surface area contributed by atoms with Crippen molar-refractivity contribution in [2.45, 2.75) is 12.8 Å². The largest absolute Gasteiger partial charge is 0.279 e. The zero-order valence-corrected chi connectivity index (χ0v) is 11.3. The topological polar surface area (TPSA) is 30.7 Å². The lowest BCUT2D eigenvalue weighted by Gasteiger charge is -2.07. The molecule has 0 aliphatic carbocycles. The molecule has 0 N–H and O–H groups in total. The normalized spacial score (nSPS) is 11.2. The van der Waals surface area contributed by atoms with Crippen LogP contribution in [0, 0.1) is 18.6 Å². The number of imidazole rings is 1. The number of alkyl halides is 1. The van der Waals surface area contributed by atoms with Crippen LogP contribution in [-0.2, 0) is 5.88 Å². The Morgan fingerprint density at radius 2 is 1.85 bits per heavy atom. The lowest BCUT2D eigenvalue weighted by Crippen LogP contribution is -2.01. The molecule has 0 aliphatic heterocycles. The second-order valence-electron chi connectivity index (χ2n) is 4.48. The summed E-state index contributed by atoms with van der Waals surface area (Å²) in [4.78, 5) is 8.63. The van der Waals surface area contributed by atoms with Crippen molar-refractivity contribution < 1.29 is 8.78 Å². The average molecular weight is 294 g/mol. The molecule has 3 aromatic rings. The average Bonchev–Trinajstić information content (AvgIpc) is 2.74. The van der Waals surface area contributed by atoms with Crippen molar-refractivity contribution in [2.75, 3.05) is 0 Å². The van der Waals surface area contributed by atoms with Crippen molar-refractivity contribution in [3.8, 4) is 5.69 Å². The molecule has 0 radical (unpaired) electrons. The number of fused-ring (bicyclic) bond motifs is 1. The minimum absolute atomic E-state index is 0.119. The lowest BCUT2D eigenvalue weighted by molar-refractivity contribution is 0.581. The Hall–Kier alpha value is -2.01. The van der Waals surface area contributed by atoms with Gasteiger partial charge in [-0.2, -0.15) is 0 Å². The molecule has 0 saturated heterocycles. The van der Waals surface area contributed by atoms with Crippen molar-refractivity contribution >= 4 is 22.8 Å². The Morgan fingerprint density at radius 1 is 1.15 bits per heavy atom. The Balaban J connectivity index is 2.33. The molecule has 20 heavy (non-hydrogen) atoms. The van der Waals surface area contributed by atoms with Crippen LogP contribution >= 0.6 is 11.6 Å². The van der Waals surface area contributed by atoms with Gasteiger partial charge in [0, 0.05) is 12.3 Å². The Bertz CT molecular complexity index is 778. The summed E-state index contributed by atoms with van der Waals surface area (Å²) in [7, 11) is 0. The molecule has 0 atom stereocenters. The zero-order valence-electron chi connectivity index (χ0n) is 10.6. The van der Waals surface area contributed by atoms with E-state index >= 15 is 0 Å². The van der Waals surface area contributed by atoms with Gasteiger partial charge in [-0.1, -0.05) is 0 Å². The minimum atomic E-state index is -0.658. The van der Waals surface area contributed by atoms with E-state index in [1.54, 1.807) is 10.8 Å². The van der Waals surface area contributed by atoms with Crippen molar-refractivity contribution in [1.82, 2.24) is 14.5 Å². The summed E-state index contributed by atoms with van der Waals surface area (Å²) in [6, 6.07) is 5.12. The third-order valence-electron chi connectivity index (χ3n) is 2.93. The van der Waals surface area contributed by atoms with Crippen LogP contribution in [0.15, 0.2) is 30.5 Å². The van der Waals surface area contributed by atoms with Crippen LogP contribution in [-0.4, -0.2) is 14.5 Å². The van der Waals surface area contributed by atoms with Crippen LogP contribution < -0.4 is 0 Å². The van der Waals surface area contributed by atoms with Gasteiger partial charge in [-0.15, -0.1) is 11.6 Å². The van der Waals surface area contributed by atoms with Gasteiger partial charge in [0.1, 0.15) is 23.0 Å². The molecule has 0 bridgehead atoms. The standard InChI is InChI=1S/C14H10ClF2N3/c1-8-2-12-14(18-7-8)20(13(6-15)19-12)11-4-9(16)3-10(17)5-11/h2-5,7H,6H2,1H3. The third kappa shape index (κ3) is 2.14. The fourth-order valence-electron chi connectivity index (χ4n) is 2.14. The summed E-state index contributed by atoms with van der Waals surface area (Å²) in [5.74, 6) is -0.707. The molecule has 6 heteroatoms. The highest BCUT2D eigenvalue weighted by Crippen LogP contribution is 2.23. The van der Waals surface area contributed by atoms with Crippen LogP contribution in [0.25, 0.3) is 16.9 Å². The second kappa shape index (κ2) is 4.83. The summed E-state index contributed by atoms with van der Waals surface area (Å²) in [6.45, 7) is 1.90. The van der Waals surface area contributed by atoms with Crippen molar-refractivity contribution in [1.29, 1.82) is 0 Å². The highest BCUT2D eigenvalue weighted by Gasteiger charge is 2.14. The molecular weight excluding hydrogens is 284 g/mol. The van der Waals surface area contributed by atoms with Crippen LogP contribution in [0.3, 0.4) is 0 Å².